The predicted octanol–water partition coefficient (Wildman–Crippen LogP) is 3.27. The first-order valence-electron chi connectivity index (χ1n) is 7.42. The van der Waals surface area contributed by atoms with Gasteiger partial charge in [0.2, 0.25) is 0 Å². The molecule has 1 aromatic heterocycles. The molecule has 2 rings (SSSR count). The molecule has 118 valence electrons. The minimum absolute atomic E-state index is 0.0274. The molecule has 0 unspecified atom stereocenters. The van der Waals surface area contributed by atoms with E-state index in [1.165, 1.54) is 4.88 Å². The first-order chi connectivity index (χ1) is 10.8. The van der Waals surface area contributed by atoms with E-state index < -0.39 is 0 Å². The summed E-state index contributed by atoms with van der Waals surface area (Å²) in [6.07, 6.45) is 1.83. The summed E-state index contributed by atoms with van der Waals surface area (Å²) < 4.78 is 10.9. The predicted molar refractivity (Wildman–Crippen MR) is 88.8 cm³/mol. The van der Waals surface area contributed by atoms with Crippen LogP contribution in [0.2, 0.25) is 0 Å². The van der Waals surface area contributed by atoms with Gasteiger partial charge >= 0.3 is 0 Å². The van der Waals surface area contributed by atoms with Crippen molar-refractivity contribution in [1.82, 2.24) is 5.32 Å². The van der Waals surface area contributed by atoms with Crippen molar-refractivity contribution in [2.45, 2.75) is 19.8 Å². The summed E-state index contributed by atoms with van der Waals surface area (Å²) in [6, 6.07) is 11.4. The summed E-state index contributed by atoms with van der Waals surface area (Å²) in [4.78, 5) is 13.0. The maximum Gasteiger partial charge on any atom is 0.257 e. The maximum atomic E-state index is 11.7. The number of nitrogens with one attached hydrogen (secondary N) is 1. The van der Waals surface area contributed by atoms with E-state index >= 15 is 0 Å². The molecular weight excluding hydrogens is 298 g/mol. The Balaban J connectivity index is 1.65. The summed E-state index contributed by atoms with van der Waals surface area (Å²) in [5.41, 5.74) is 0. The zero-order valence-electron chi connectivity index (χ0n) is 12.7. The zero-order chi connectivity index (χ0) is 15.6. The number of ether oxygens (including phenoxy) is 2. The van der Waals surface area contributed by atoms with Gasteiger partial charge in [0.25, 0.3) is 5.91 Å². The number of hydrogen-bond acceptors (Lipinski definition) is 4. The second-order valence-corrected chi connectivity index (χ2v) is 5.82. The molecule has 22 heavy (non-hydrogen) atoms. The molecule has 1 amide bonds. The second-order valence-electron chi connectivity index (χ2n) is 4.79. The molecule has 0 radical (unpaired) electrons. The lowest BCUT2D eigenvalue weighted by Gasteiger charge is -2.08. The van der Waals surface area contributed by atoms with E-state index in [0.717, 1.165) is 18.6 Å². The van der Waals surface area contributed by atoms with E-state index in [0.29, 0.717) is 18.9 Å². The standard InChI is InChI=1S/C17H21NO3S/c1-2-11-20-14-5-7-15(8-6-14)21-13-17(19)18-10-9-16-4-3-12-22-16/h3-8,12H,2,9-11,13H2,1H3,(H,18,19). The Labute approximate surface area is 135 Å². The van der Waals surface area contributed by atoms with Crippen molar-refractivity contribution < 1.29 is 14.3 Å². The molecule has 1 N–H and O–H groups in total. The van der Waals surface area contributed by atoms with Gasteiger partial charge in [-0.25, -0.2) is 0 Å². The van der Waals surface area contributed by atoms with Crippen molar-refractivity contribution in [3.05, 3.63) is 46.7 Å². The molecule has 4 nitrogen and oxygen atoms in total. The van der Waals surface area contributed by atoms with Crippen LogP contribution in [-0.4, -0.2) is 25.7 Å². The summed E-state index contributed by atoms with van der Waals surface area (Å²) in [6.45, 7) is 3.42. The molecule has 0 atom stereocenters. The van der Waals surface area contributed by atoms with E-state index in [9.17, 15) is 4.79 Å². The van der Waals surface area contributed by atoms with Crippen molar-refractivity contribution in [3.8, 4) is 11.5 Å². The topological polar surface area (TPSA) is 47.6 Å². The highest BCUT2D eigenvalue weighted by atomic mass is 32.1. The van der Waals surface area contributed by atoms with Gasteiger partial charge in [0.1, 0.15) is 11.5 Å². The van der Waals surface area contributed by atoms with Crippen molar-refractivity contribution >= 4 is 17.2 Å². The lowest BCUT2D eigenvalue weighted by atomic mass is 10.3. The Morgan fingerprint density at radius 1 is 1.14 bits per heavy atom. The van der Waals surface area contributed by atoms with Crippen molar-refractivity contribution in [2.24, 2.45) is 0 Å². The highest BCUT2D eigenvalue weighted by Crippen LogP contribution is 2.17. The van der Waals surface area contributed by atoms with Crippen LogP contribution in [0.4, 0.5) is 0 Å². The highest BCUT2D eigenvalue weighted by Gasteiger charge is 2.03. The molecule has 0 bridgehead atoms. The third-order valence-electron chi connectivity index (χ3n) is 2.94. The van der Waals surface area contributed by atoms with Crippen molar-refractivity contribution in [2.75, 3.05) is 19.8 Å². The van der Waals surface area contributed by atoms with E-state index in [-0.39, 0.29) is 12.5 Å². The number of hydrogen-bond donors (Lipinski definition) is 1. The number of carbonyl (C=O) groups excluding carboxylic acids is 1. The maximum absolute atomic E-state index is 11.7. The quantitative estimate of drug-likeness (QED) is 0.771. The van der Waals surface area contributed by atoms with Gasteiger partial charge in [0.15, 0.2) is 6.61 Å². The molecule has 0 spiro atoms. The molecule has 1 aromatic carbocycles. The molecule has 2 aromatic rings. The van der Waals surface area contributed by atoms with Crippen molar-refractivity contribution in [1.29, 1.82) is 0 Å². The molecule has 5 heteroatoms. The summed E-state index contributed by atoms with van der Waals surface area (Å²) in [5, 5.41) is 4.88. The number of carbonyl (C=O) groups is 1. The molecule has 0 aliphatic heterocycles. The van der Waals surface area contributed by atoms with E-state index in [1.54, 1.807) is 11.3 Å². The largest absolute Gasteiger partial charge is 0.494 e. The van der Waals surface area contributed by atoms with E-state index in [2.05, 4.69) is 18.3 Å². The van der Waals surface area contributed by atoms with Crippen LogP contribution in [-0.2, 0) is 11.2 Å². The van der Waals surface area contributed by atoms with Gasteiger partial charge in [-0.2, -0.15) is 0 Å². The molecule has 0 saturated carbocycles. The van der Waals surface area contributed by atoms with Gasteiger partial charge in [-0.3, -0.25) is 4.79 Å². The third kappa shape index (κ3) is 5.77. The molecule has 1 heterocycles. The first kappa shape index (κ1) is 16.4. The van der Waals surface area contributed by atoms with Crippen LogP contribution >= 0.6 is 11.3 Å². The number of thiophene rings is 1. The van der Waals surface area contributed by atoms with Crippen molar-refractivity contribution in [3.63, 3.8) is 0 Å². The van der Waals surface area contributed by atoms with Crippen LogP contribution in [0.3, 0.4) is 0 Å². The normalized spacial score (nSPS) is 10.2. The van der Waals surface area contributed by atoms with Crippen LogP contribution in [0.5, 0.6) is 11.5 Å². The number of benzene rings is 1. The Morgan fingerprint density at radius 2 is 1.86 bits per heavy atom. The fourth-order valence-corrected chi connectivity index (χ4v) is 2.54. The fourth-order valence-electron chi connectivity index (χ4n) is 1.83. The Kier molecular flexibility index (Phi) is 6.77. The molecular formula is C17H21NO3S. The Bertz CT molecular complexity index is 552. The van der Waals surface area contributed by atoms with Crippen LogP contribution in [0.25, 0.3) is 0 Å². The lowest BCUT2D eigenvalue weighted by Crippen LogP contribution is -2.30. The van der Waals surface area contributed by atoms with Crippen LogP contribution in [0.15, 0.2) is 41.8 Å². The van der Waals surface area contributed by atoms with Gasteiger partial charge in [0.05, 0.1) is 6.61 Å². The van der Waals surface area contributed by atoms with Gasteiger partial charge in [0, 0.05) is 11.4 Å². The summed E-state index contributed by atoms with van der Waals surface area (Å²) in [5.74, 6) is 1.37. The van der Waals surface area contributed by atoms with Crippen LogP contribution < -0.4 is 14.8 Å². The fraction of sp³-hybridized carbons (Fsp3) is 0.353. The lowest BCUT2D eigenvalue weighted by molar-refractivity contribution is -0.123. The monoisotopic (exact) mass is 319 g/mol. The number of rotatable bonds is 9. The number of amides is 1. The second kappa shape index (κ2) is 9.10. The van der Waals surface area contributed by atoms with Gasteiger partial charge in [-0.15, -0.1) is 11.3 Å². The Hall–Kier alpha value is -2.01. The summed E-state index contributed by atoms with van der Waals surface area (Å²) in [7, 11) is 0. The third-order valence-corrected chi connectivity index (χ3v) is 3.88. The van der Waals surface area contributed by atoms with E-state index in [4.69, 9.17) is 9.47 Å². The summed E-state index contributed by atoms with van der Waals surface area (Å²) >= 11 is 1.70. The van der Waals surface area contributed by atoms with Gasteiger partial charge in [-0.1, -0.05) is 13.0 Å². The van der Waals surface area contributed by atoms with Gasteiger partial charge < -0.3 is 14.8 Å². The molecule has 0 saturated heterocycles. The zero-order valence-corrected chi connectivity index (χ0v) is 13.5. The van der Waals surface area contributed by atoms with Crippen LogP contribution in [0, 0.1) is 0 Å². The van der Waals surface area contributed by atoms with E-state index in [1.807, 2.05) is 35.7 Å². The average Bonchev–Trinajstić information content (AvgIpc) is 3.05. The average molecular weight is 319 g/mol. The highest BCUT2D eigenvalue weighted by molar-refractivity contribution is 7.09. The molecule has 0 aliphatic carbocycles. The minimum atomic E-state index is -0.108. The smallest absolute Gasteiger partial charge is 0.257 e. The first-order valence-corrected chi connectivity index (χ1v) is 8.30. The molecule has 0 fully saturated rings. The Morgan fingerprint density at radius 3 is 2.50 bits per heavy atom. The minimum Gasteiger partial charge on any atom is -0.494 e. The van der Waals surface area contributed by atoms with Crippen LogP contribution in [0.1, 0.15) is 18.2 Å². The van der Waals surface area contributed by atoms with Gasteiger partial charge in [-0.05, 0) is 48.6 Å². The SMILES string of the molecule is CCCOc1ccc(OCC(=O)NCCc2cccs2)cc1. The molecule has 0 aliphatic rings.